The van der Waals surface area contributed by atoms with Gasteiger partial charge in [-0.1, -0.05) is 0 Å². The van der Waals surface area contributed by atoms with Crippen molar-refractivity contribution in [2.24, 2.45) is 0 Å². The average Bonchev–Trinajstić information content (AvgIpc) is 2.45. The predicted molar refractivity (Wildman–Crippen MR) is 80.2 cm³/mol. The third kappa shape index (κ3) is 4.23. The van der Waals surface area contributed by atoms with Crippen LogP contribution in [0.15, 0.2) is 17.0 Å². The summed E-state index contributed by atoms with van der Waals surface area (Å²) < 4.78 is 42.6. The van der Waals surface area contributed by atoms with Crippen LogP contribution in [0.1, 0.15) is 13.8 Å². The number of nitrogens with two attached hydrogens (primary N) is 1. The minimum Gasteiger partial charge on any atom is -0.495 e. The Morgan fingerprint density at radius 3 is 2.19 bits per heavy atom. The number of benzene rings is 1. The molecular weight excluding hydrogens is 296 g/mol. The molecular formula is C13H22N2O5S. The van der Waals surface area contributed by atoms with Crippen LogP contribution in [0.3, 0.4) is 0 Å². The van der Waals surface area contributed by atoms with Crippen molar-refractivity contribution in [3.8, 4) is 11.5 Å². The number of nitrogens with one attached hydrogen (secondary N) is 1. The second-order valence-corrected chi connectivity index (χ2v) is 6.77. The van der Waals surface area contributed by atoms with Gasteiger partial charge in [-0.05, 0) is 19.9 Å². The normalized spacial score (nSPS) is 12.2. The molecule has 1 aromatic rings. The zero-order chi connectivity index (χ0) is 16.3. The topological polar surface area (TPSA) is 99.9 Å². The van der Waals surface area contributed by atoms with Crippen molar-refractivity contribution >= 4 is 15.7 Å². The maximum atomic E-state index is 12.4. The summed E-state index contributed by atoms with van der Waals surface area (Å²) in [5, 5.41) is 0. The molecule has 0 aliphatic heterocycles. The Labute approximate surface area is 125 Å². The molecule has 1 aromatic carbocycles. The van der Waals surface area contributed by atoms with Crippen LogP contribution in [0.4, 0.5) is 5.69 Å². The highest BCUT2D eigenvalue weighted by molar-refractivity contribution is 7.89. The van der Waals surface area contributed by atoms with E-state index in [1.807, 2.05) is 0 Å². The summed E-state index contributed by atoms with van der Waals surface area (Å²) in [6.07, 6.45) is 0. The smallest absolute Gasteiger partial charge is 0.244 e. The lowest BCUT2D eigenvalue weighted by Gasteiger charge is -2.23. The van der Waals surface area contributed by atoms with Gasteiger partial charge in [-0.25, -0.2) is 13.1 Å². The fraction of sp³-hybridized carbons (Fsp3) is 0.538. The van der Waals surface area contributed by atoms with Crippen LogP contribution < -0.4 is 19.9 Å². The van der Waals surface area contributed by atoms with Gasteiger partial charge in [-0.2, -0.15) is 0 Å². The van der Waals surface area contributed by atoms with Crippen LogP contribution >= 0.6 is 0 Å². The number of nitrogen functional groups attached to an aromatic ring is 1. The maximum absolute atomic E-state index is 12.4. The number of rotatable bonds is 7. The molecule has 0 unspecified atom stereocenters. The molecule has 21 heavy (non-hydrogen) atoms. The van der Waals surface area contributed by atoms with Gasteiger partial charge in [0.2, 0.25) is 10.0 Å². The van der Waals surface area contributed by atoms with E-state index < -0.39 is 15.6 Å². The molecule has 1 rings (SSSR count). The van der Waals surface area contributed by atoms with E-state index in [0.29, 0.717) is 5.75 Å². The number of hydrogen-bond acceptors (Lipinski definition) is 6. The van der Waals surface area contributed by atoms with Gasteiger partial charge in [0.1, 0.15) is 16.4 Å². The zero-order valence-electron chi connectivity index (χ0n) is 12.9. The van der Waals surface area contributed by atoms with Crippen molar-refractivity contribution in [3.63, 3.8) is 0 Å². The largest absolute Gasteiger partial charge is 0.495 e. The van der Waals surface area contributed by atoms with Crippen molar-refractivity contribution in [1.29, 1.82) is 0 Å². The molecule has 3 N–H and O–H groups in total. The second-order valence-electron chi connectivity index (χ2n) is 5.03. The van der Waals surface area contributed by atoms with Gasteiger partial charge in [0, 0.05) is 19.7 Å². The lowest BCUT2D eigenvalue weighted by molar-refractivity contribution is 0.0276. The summed E-state index contributed by atoms with van der Waals surface area (Å²) >= 11 is 0. The first kappa shape index (κ1) is 17.5. The van der Waals surface area contributed by atoms with E-state index in [1.54, 1.807) is 13.8 Å². The molecule has 120 valence electrons. The Morgan fingerprint density at radius 1 is 1.14 bits per heavy atom. The van der Waals surface area contributed by atoms with Gasteiger partial charge < -0.3 is 19.9 Å². The molecule has 0 amide bonds. The van der Waals surface area contributed by atoms with Crippen molar-refractivity contribution in [2.45, 2.75) is 24.3 Å². The monoisotopic (exact) mass is 318 g/mol. The van der Waals surface area contributed by atoms with E-state index in [-0.39, 0.29) is 22.9 Å². The SMILES string of the molecule is COc1cc(OC)c(S(=O)(=O)NCC(C)(C)OC)cc1N. The van der Waals surface area contributed by atoms with Crippen LogP contribution in [0.5, 0.6) is 11.5 Å². The lowest BCUT2D eigenvalue weighted by Crippen LogP contribution is -2.39. The number of anilines is 1. The first-order chi connectivity index (χ1) is 9.66. The highest BCUT2D eigenvalue weighted by Gasteiger charge is 2.25. The lowest BCUT2D eigenvalue weighted by atomic mass is 10.1. The fourth-order valence-electron chi connectivity index (χ4n) is 1.52. The zero-order valence-corrected chi connectivity index (χ0v) is 13.7. The van der Waals surface area contributed by atoms with Crippen molar-refractivity contribution in [3.05, 3.63) is 12.1 Å². The van der Waals surface area contributed by atoms with E-state index in [9.17, 15) is 8.42 Å². The van der Waals surface area contributed by atoms with E-state index in [2.05, 4.69) is 4.72 Å². The molecule has 0 spiro atoms. The van der Waals surface area contributed by atoms with E-state index in [0.717, 1.165) is 0 Å². The quantitative estimate of drug-likeness (QED) is 0.727. The first-order valence-electron chi connectivity index (χ1n) is 6.23. The van der Waals surface area contributed by atoms with Crippen molar-refractivity contribution < 1.29 is 22.6 Å². The summed E-state index contributed by atoms with van der Waals surface area (Å²) in [6.45, 7) is 3.66. The molecule has 0 aliphatic carbocycles. The van der Waals surface area contributed by atoms with Crippen LogP contribution in [0.25, 0.3) is 0 Å². The number of sulfonamides is 1. The third-order valence-electron chi connectivity index (χ3n) is 3.05. The molecule has 0 saturated carbocycles. The third-order valence-corrected chi connectivity index (χ3v) is 4.47. The summed E-state index contributed by atoms with van der Waals surface area (Å²) in [5.41, 5.74) is 5.35. The summed E-state index contributed by atoms with van der Waals surface area (Å²) in [4.78, 5) is -0.0461. The molecule has 7 nitrogen and oxygen atoms in total. The molecule has 0 fully saturated rings. The summed E-state index contributed by atoms with van der Waals surface area (Å²) in [7, 11) is 0.551. The Kier molecular flexibility index (Phi) is 5.43. The van der Waals surface area contributed by atoms with Gasteiger partial charge in [0.15, 0.2) is 0 Å². The molecule has 0 aliphatic rings. The number of methoxy groups -OCH3 is 3. The van der Waals surface area contributed by atoms with Gasteiger partial charge in [0.05, 0.1) is 25.5 Å². The van der Waals surface area contributed by atoms with Crippen LogP contribution in [0, 0.1) is 0 Å². The molecule has 0 radical (unpaired) electrons. The summed E-state index contributed by atoms with van der Waals surface area (Å²) in [5.74, 6) is 0.506. The number of ether oxygens (including phenoxy) is 3. The predicted octanol–water partition coefficient (Wildman–Crippen LogP) is 0.989. The van der Waals surface area contributed by atoms with Gasteiger partial charge >= 0.3 is 0 Å². The van der Waals surface area contributed by atoms with Crippen LogP contribution in [-0.2, 0) is 14.8 Å². The molecule has 0 aromatic heterocycles. The minimum atomic E-state index is -3.78. The molecule has 0 bridgehead atoms. The Morgan fingerprint density at radius 2 is 1.71 bits per heavy atom. The van der Waals surface area contributed by atoms with E-state index in [1.165, 1.54) is 33.5 Å². The van der Waals surface area contributed by atoms with E-state index in [4.69, 9.17) is 19.9 Å². The Balaban J connectivity index is 3.16. The number of hydrogen-bond donors (Lipinski definition) is 2. The molecule has 0 atom stereocenters. The van der Waals surface area contributed by atoms with Gasteiger partial charge in [-0.3, -0.25) is 0 Å². The van der Waals surface area contributed by atoms with Crippen molar-refractivity contribution in [2.75, 3.05) is 33.6 Å². The fourth-order valence-corrected chi connectivity index (χ4v) is 2.90. The van der Waals surface area contributed by atoms with Gasteiger partial charge in [0.25, 0.3) is 0 Å². The molecule has 0 saturated heterocycles. The Bertz CT molecular complexity index is 599. The van der Waals surface area contributed by atoms with E-state index >= 15 is 0 Å². The average molecular weight is 318 g/mol. The molecule has 0 heterocycles. The maximum Gasteiger partial charge on any atom is 0.244 e. The molecule has 8 heteroatoms. The Hall–Kier alpha value is -1.51. The highest BCUT2D eigenvalue weighted by Crippen LogP contribution is 2.33. The second kappa shape index (κ2) is 6.50. The highest BCUT2D eigenvalue weighted by atomic mass is 32.2. The summed E-state index contributed by atoms with van der Waals surface area (Å²) in [6, 6.07) is 2.74. The van der Waals surface area contributed by atoms with Gasteiger partial charge in [-0.15, -0.1) is 0 Å². The van der Waals surface area contributed by atoms with Crippen LogP contribution in [0.2, 0.25) is 0 Å². The van der Waals surface area contributed by atoms with Crippen LogP contribution in [-0.4, -0.2) is 41.9 Å². The standard InChI is InChI=1S/C13H22N2O5S/c1-13(2,20-5)8-15-21(16,17)12-6-9(14)10(18-3)7-11(12)19-4/h6-7,15H,8,14H2,1-5H3. The first-order valence-corrected chi connectivity index (χ1v) is 7.71. The van der Waals surface area contributed by atoms with Crippen molar-refractivity contribution in [1.82, 2.24) is 4.72 Å². The minimum absolute atomic E-state index is 0.0461.